The molecular weight excluding hydrogens is 166 g/mol. The Kier molecular flexibility index (Phi) is 5.31. The molecule has 0 bridgehead atoms. The number of morpholine rings is 1. The molecule has 4 heteroatoms. The summed E-state index contributed by atoms with van der Waals surface area (Å²) in [4.78, 5) is 0. The van der Waals surface area contributed by atoms with Crippen LogP contribution in [0.2, 0.25) is 0 Å². The molecule has 2 atom stereocenters. The SMILES string of the molecule is NCCC(N)CCC1CNCCO1. The molecule has 2 unspecified atom stereocenters. The highest BCUT2D eigenvalue weighted by Gasteiger charge is 2.14. The van der Waals surface area contributed by atoms with Gasteiger partial charge in [-0.2, -0.15) is 0 Å². The molecule has 0 saturated carbocycles. The second-order valence-corrected chi connectivity index (χ2v) is 3.61. The molecular formula is C9H21N3O. The minimum absolute atomic E-state index is 0.246. The molecule has 5 N–H and O–H groups in total. The highest BCUT2D eigenvalue weighted by Crippen LogP contribution is 2.07. The molecule has 4 nitrogen and oxygen atoms in total. The van der Waals surface area contributed by atoms with Gasteiger partial charge in [0, 0.05) is 19.1 Å². The van der Waals surface area contributed by atoms with Crippen LogP contribution in [0, 0.1) is 0 Å². The predicted molar refractivity (Wildman–Crippen MR) is 53.5 cm³/mol. The molecule has 1 rings (SSSR count). The fourth-order valence-corrected chi connectivity index (χ4v) is 1.56. The lowest BCUT2D eigenvalue weighted by Gasteiger charge is -2.24. The van der Waals surface area contributed by atoms with Crippen molar-refractivity contribution in [3.05, 3.63) is 0 Å². The van der Waals surface area contributed by atoms with Gasteiger partial charge in [0.05, 0.1) is 12.7 Å². The largest absolute Gasteiger partial charge is 0.376 e. The second kappa shape index (κ2) is 6.32. The van der Waals surface area contributed by atoms with Gasteiger partial charge in [0.15, 0.2) is 0 Å². The lowest BCUT2D eigenvalue weighted by atomic mass is 10.1. The molecule has 0 aromatic carbocycles. The molecule has 13 heavy (non-hydrogen) atoms. The summed E-state index contributed by atoms with van der Waals surface area (Å²) in [5.74, 6) is 0. The summed E-state index contributed by atoms with van der Waals surface area (Å²) < 4.78 is 5.56. The van der Waals surface area contributed by atoms with E-state index in [0.717, 1.165) is 39.0 Å². The van der Waals surface area contributed by atoms with Gasteiger partial charge < -0.3 is 21.5 Å². The summed E-state index contributed by atoms with van der Waals surface area (Å²) >= 11 is 0. The van der Waals surface area contributed by atoms with E-state index in [2.05, 4.69) is 5.32 Å². The van der Waals surface area contributed by atoms with Crippen molar-refractivity contribution in [1.29, 1.82) is 0 Å². The van der Waals surface area contributed by atoms with E-state index in [1.165, 1.54) is 0 Å². The van der Waals surface area contributed by atoms with E-state index in [0.29, 0.717) is 12.6 Å². The Morgan fingerprint density at radius 1 is 1.46 bits per heavy atom. The molecule has 78 valence electrons. The summed E-state index contributed by atoms with van der Waals surface area (Å²) in [6, 6.07) is 0.246. The average Bonchev–Trinajstić information content (AvgIpc) is 2.17. The third-order valence-electron chi connectivity index (χ3n) is 2.40. The van der Waals surface area contributed by atoms with Crippen LogP contribution in [0.15, 0.2) is 0 Å². The van der Waals surface area contributed by atoms with Crippen LogP contribution in [0.3, 0.4) is 0 Å². The van der Waals surface area contributed by atoms with Crippen LogP contribution in [-0.4, -0.2) is 38.4 Å². The quantitative estimate of drug-likeness (QED) is 0.539. The molecule has 1 aliphatic heterocycles. The zero-order valence-corrected chi connectivity index (χ0v) is 8.17. The first-order chi connectivity index (χ1) is 6.33. The lowest BCUT2D eigenvalue weighted by Crippen LogP contribution is -2.39. The molecule has 0 aromatic rings. The highest BCUT2D eigenvalue weighted by atomic mass is 16.5. The van der Waals surface area contributed by atoms with Crippen LogP contribution in [-0.2, 0) is 4.74 Å². The number of nitrogens with one attached hydrogen (secondary N) is 1. The van der Waals surface area contributed by atoms with Gasteiger partial charge >= 0.3 is 0 Å². The summed E-state index contributed by atoms with van der Waals surface area (Å²) in [6.07, 6.45) is 3.34. The van der Waals surface area contributed by atoms with Gasteiger partial charge in [-0.1, -0.05) is 0 Å². The maximum atomic E-state index is 5.85. The van der Waals surface area contributed by atoms with Crippen LogP contribution in [0.5, 0.6) is 0 Å². The van der Waals surface area contributed by atoms with E-state index in [4.69, 9.17) is 16.2 Å². The van der Waals surface area contributed by atoms with Crippen LogP contribution < -0.4 is 16.8 Å². The number of nitrogens with two attached hydrogens (primary N) is 2. The molecule has 0 aromatic heterocycles. The smallest absolute Gasteiger partial charge is 0.0700 e. The number of ether oxygens (including phenoxy) is 1. The van der Waals surface area contributed by atoms with Crippen molar-refractivity contribution in [3.63, 3.8) is 0 Å². The Balaban J connectivity index is 2.03. The first-order valence-electron chi connectivity index (χ1n) is 5.11. The van der Waals surface area contributed by atoms with E-state index >= 15 is 0 Å². The Labute approximate surface area is 80.0 Å². The first kappa shape index (κ1) is 10.9. The summed E-state index contributed by atoms with van der Waals surface area (Å²) in [7, 11) is 0. The molecule has 1 heterocycles. The van der Waals surface area contributed by atoms with Crippen molar-refractivity contribution in [2.45, 2.75) is 31.4 Å². The molecule has 1 fully saturated rings. The minimum atomic E-state index is 0.246. The molecule has 1 saturated heterocycles. The zero-order chi connectivity index (χ0) is 9.52. The van der Waals surface area contributed by atoms with Crippen LogP contribution in [0.4, 0.5) is 0 Å². The Hall–Kier alpha value is -0.160. The van der Waals surface area contributed by atoms with Crippen LogP contribution in [0.1, 0.15) is 19.3 Å². The minimum Gasteiger partial charge on any atom is -0.376 e. The summed E-state index contributed by atoms with van der Waals surface area (Å²) in [5, 5.41) is 3.30. The normalized spacial score (nSPS) is 25.8. The Bertz CT molecular complexity index is 126. The molecule has 1 aliphatic rings. The van der Waals surface area contributed by atoms with Crippen molar-refractivity contribution in [1.82, 2.24) is 5.32 Å². The number of hydrogen-bond acceptors (Lipinski definition) is 4. The van der Waals surface area contributed by atoms with Crippen LogP contribution >= 0.6 is 0 Å². The van der Waals surface area contributed by atoms with Gasteiger partial charge in [0.25, 0.3) is 0 Å². The maximum Gasteiger partial charge on any atom is 0.0700 e. The fourth-order valence-electron chi connectivity index (χ4n) is 1.56. The summed E-state index contributed by atoms with van der Waals surface area (Å²) in [5.41, 5.74) is 11.3. The lowest BCUT2D eigenvalue weighted by molar-refractivity contribution is 0.0213. The zero-order valence-electron chi connectivity index (χ0n) is 8.17. The Morgan fingerprint density at radius 2 is 2.31 bits per heavy atom. The highest BCUT2D eigenvalue weighted by molar-refractivity contribution is 4.70. The van der Waals surface area contributed by atoms with Gasteiger partial charge in [-0.25, -0.2) is 0 Å². The third kappa shape index (κ3) is 4.57. The van der Waals surface area contributed by atoms with Crippen LogP contribution in [0.25, 0.3) is 0 Å². The van der Waals surface area contributed by atoms with Crippen molar-refractivity contribution in [2.24, 2.45) is 11.5 Å². The third-order valence-corrected chi connectivity index (χ3v) is 2.40. The molecule has 0 radical (unpaired) electrons. The van der Waals surface area contributed by atoms with E-state index < -0.39 is 0 Å². The topological polar surface area (TPSA) is 73.3 Å². The standard InChI is InChI=1S/C9H21N3O/c10-4-3-8(11)1-2-9-7-12-5-6-13-9/h8-9,12H,1-7,10-11H2. The maximum absolute atomic E-state index is 5.85. The van der Waals surface area contributed by atoms with E-state index in [1.807, 2.05) is 0 Å². The number of rotatable bonds is 5. The molecule has 0 aliphatic carbocycles. The van der Waals surface area contributed by atoms with Gasteiger partial charge in [-0.05, 0) is 25.8 Å². The average molecular weight is 187 g/mol. The van der Waals surface area contributed by atoms with Gasteiger partial charge in [0.2, 0.25) is 0 Å². The van der Waals surface area contributed by atoms with Gasteiger partial charge in [0.1, 0.15) is 0 Å². The summed E-state index contributed by atoms with van der Waals surface area (Å²) in [6.45, 7) is 3.46. The molecule has 0 amide bonds. The van der Waals surface area contributed by atoms with Crippen molar-refractivity contribution in [3.8, 4) is 0 Å². The Morgan fingerprint density at radius 3 is 2.92 bits per heavy atom. The van der Waals surface area contributed by atoms with Gasteiger partial charge in [-0.15, -0.1) is 0 Å². The first-order valence-corrected chi connectivity index (χ1v) is 5.11. The van der Waals surface area contributed by atoms with Crippen molar-refractivity contribution < 1.29 is 4.74 Å². The predicted octanol–water partition coefficient (Wildman–Crippen LogP) is -0.569. The van der Waals surface area contributed by atoms with Crippen molar-refractivity contribution in [2.75, 3.05) is 26.2 Å². The van der Waals surface area contributed by atoms with E-state index in [-0.39, 0.29) is 6.04 Å². The van der Waals surface area contributed by atoms with Gasteiger partial charge in [-0.3, -0.25) is 0 Å². The number of hydrogen-bond donors (Lipinski definition) is 3. The monoisotopic (exact) mass is 187 g/mol. The van der Waals surface area contributed by atoms with E-state index in [9.17, 15) is 0 Å². The van der Waals surface area contributed by atoms with E-state index in [1.54, 1.807) is 0 Å². The fraction of sp³-hybridized carbons (Fsp3) is 1.00. The second-order valence-electron chi connectivity index (χ2n) is 3.61. The molecule has 0 spiro atoms. The van der Waals surface area contributed by atoms with Crippen molar-refractivity contribution >= 4 is 0 Å².